The van der Waals surface area contributed by atoms with Crippen molar-refractivity contribution in [1.82, 2.24) is 0 Å². The van der Waals surface area contributed by atoms with E-state index in [0.717, 1.165) is 16.9 Å². The van der Waals surface area contributed by atoms with Gasteiger partial charge in [0.05, 0.1) is 22.8 Å². The van der Waals surface area contributed by atoms with E-state index in [9.17, 15) is 4.79 Å². The first-order chi connectivity index (χ1) is 13.5. The van der Waals surface area contributed by atoms with Gasteiger partial charge >= 0.3 is 0 Å². The number of rotatable bonds is 6. The number of methoxy groups -OCH3 is 1. The zero-order valence-electron chi connectivity index (χ0n) is 15.5. The van der Waals surface area contributed by atoms with E-state index in [1.807, 2.05) is 31.2 Å². The third-order valence-electron chi connectivity index (χ3n) is 4.22. The molecule has 0 spiro atoms. The molecule has 3 aromatic rings. The lowest BCUT2D eigenvalue weighted by molar-refractivity contribution is 0.102. The summed E-state index contributed by atoms with van der Waals surface area (Å²) in [6.07, 6.45) is 0. The Labute approximate surface area is 174 Å². The highest BCUT2D eigenvalue weighted by Crippen LogP contribution is 2.30. The standard InChI is InChI=1S/C22H19Cl2NO3/c1-14-6-3-4-9-19(14)28-13-16-12-15(10-11-20(16)27-2)22(26)25-18-8-5-7-17(23)21(18)24/h3-12H,13H2,1-2H3,(H,25,26). The number of amides is 1. The number of nitrogens with one attached hydrogen (secondary N) is 1. The Morgan fingerprint density at radius 2 is 1.79 bits per heavy atom. The van der Waals surface area contributed by atoms with Crippen molar-refractivity contribution in [2.45, 2.75) is 13.5 Å². The summed E-state index contributed by atoms with van der Waals surface area (Å²) in [5, 5.41) is 3.45. The van der Waals surface area contributed by atoms with E-state index in [2.05, 4.69) is 5.32 Å². The minimum atomic E-state index is -0.302. The van der Waals surface area contributed by atoms with Gasteiger partial charge in [0, 0.05) is 11.1 Å². The molecule has 0 fully saturated rings. The van der Waals surface area contributed by atoms with Crippen LogP contribution in [0.25, 0.3) is 0 Å². The van der Waals surface area contributed by atoms with Crippen LogP contribution in [-0.2, 0) is 6.61 Å². The third-order valence-corrected chi connectivity index (χ3v) is 5.04. The van der Waals surface area contributed by atoms with Crippen molar-refractivity contribution in [3.8, 4) is 11.5 Å². The second kappa shape index (κ2) is 9.00. The van der Waals surface area contributed by atoms with E-state index in [-0.39, 0.29) is 12.5 Å². The Morgan fingerprint density at radius 3 is 2.54 bits per heavy atom. The molecule has 0 radical (unpaired) electrons. The van der Waals surface area contributed by atoms with Crippen LogP contribution in [-0.4, -0.2) is 13.0 Å². The molecule has 0 heterocycles. The number of hydrogen-bond acceptors (Lipinski definition) is 3. The van der Waals surface area contributed by atoms with E-state index in [0.29, 0.717) is 27.0 Å². The lowest BCUT2D eigenvalue weighted by atomic mass is 10.1. The number of ether oxygens (including phenoxy) is 2. The molecule has 28 heavy (non-hydrogen) atoms. The molecule has 144 valence electrons. The highest BCUT2D eigenvalue weighted by molar-refractivity contribution is 6.44. The summed E-state index contributed by atoms with van der Waals surface area (Å²) in [5.74, 6) is 1.13. The number of halogens is 2. The van der Waals surface area contributed by atoms with E-state index in [4.69, 9.17) is 32.7 Å². The van der Waals surface area contributed by atoms with Gasteiger partial charge in [0.25, 0.3) is 5.91 Å². The summed E-state index contributed by atoms with van der Waals surface area (Å²) in [7, 11) is 1.58. The topological polar surface area (TPSA) is 47.6 Å². The van der Waals surface area contributed by atoms with Gasteiger partial charge in [0.15, 0.2) is 0 Å². The van der Waals surface area contributed by atoms with Crippen molar-refractivity contribution in [3.05, 3.63) is 87.4 Å². The smallest absolute Gasteiger partial charge is 0.255 e. The molecule has 0 unspecified atom stereocenters. The second-order valence-electron chi connectivity index (χ2n) is 6.14. The lowest BCUT2D eigenvalue weighted by Crippen LogP contribution is -2.13. The summed E-state index contributed by atoms with van der Waals surface area (Å²) < 4.78 is 11.3. The summed E-state index contributed by atoms with van der Waals surface area (Å²) in [4.78, 5) is 12.7. The Morgan fingerprint density at radius 1 is 1.00 bits per heavy atom. The molecule has 6 heteroatoms. The van der Waals surface area contributed by atoms with Gasteiger partial charge < -0.3 is 14.8 Å². The molecule has 4 nitrogen and oxygen atoms in total. The lowest BCUT2D eigenvalue weighted by Gasteiger charge is -2.14. The quantitative estimate of drug-likeness (QED) is 0.525. The molecular weight excluding hydrogens is 397 g/mol. The van der Waals surface area contributed by atoms with Crippen LogP contribution in [0.4, 0.5) is 5.69 Å². The monoisotopic (exact) mass is 415 g/mol. The molecule has 0 bridgehead atoms. The van der Waals surface area contributed by atoms with Crippen LogP contribution in [0.5, 0.6) is 11.5 Å². The first-order valence-corrected chi connectivity index (χ1v) is 9.36. The largest absolute Gasteiger partial charge is 0.496 e. The van der Waals surface area contributed by atoms with Crippen molar-refractivity contribution in [2.24, 2.45) is 0 Å². The minimum Gasteiger partial charge on any atom is -0.496 e. The second-order valence-corrected chi connectivity index (χ2v) is 6.92. The number of aryl methyl sites for hydroxylation is 1. The molecule has 0 saturated carbocycles. The van der Waals surface area contributed by atoms with Gasteiger partial charge in [-0.2, -0.15) is 0 Å². The molecule has 0 saturated heterocycles. The molecule has 3 rings (SSSR count). The Bertz CT molecular complexity index is 1000. The van der Waals surface area contributed by atoms with Crippen LogP contribution in [0.1, 0.15) is 21.5 Å². The fourth-order valence-corrected chi connectivity index (χ4v) is 3.05. The molecule has 0 aliphatic rings. The van der Waals surface area contributed by atoms with Crippen LogP contribution in [0, 0.1) is 6.92 Å². The Kier molecular flexibility index (Phi) is 6.45. The maximum absolute atomic E-state index is 12.7. The summed E-state index contributed by atoms with van der Waals surface area (Å²) in [5.41, 5.74) is 2.70. The van der Waals surface area contributed by atoms with E-state index in [1.54, 1.807) is 43.5 Å². The van der Waals surface area contributed by atoms with E-state index < -0.39 is 0 Å². The molecular formula is C22H19Cl2NO3. The van der Waals surface area contributed by atoms with Crippen molar-refractivity contribution in [3.63, 3.8) is 0 Å². The van der Waals surface area contributed by atoms with Gasteiger partial charge in [0.1, 0.15) is 18.1 Å². The molecule has 0 atom stereocenters. The highest BCUT2D eigenvalue weighted by Gasteiger charge is 2.14. The van der Waals surface area contributed by atoms with Crippen LogP contribution < -0.4 is 14.8 Å². The van der Waals surface area contributed by atoms with Crippen molar-refractivity contribution >= 4 is 34.8 Å². The Balaban J connectivity index is 1.80. The van der Waals surface area contributed by atoms with Crippen LogP contribution in [0.2, 0.25) is 10.0 Å². The molecule has 0 aliphatic heterocycles. The van der Waals surface area contributed by atoms with Crippen LogP contribution in [0.3, 0.4) is 0 Å². The molecule has 1 amide bonds. The number of carbonyl (C=O) groups excluding carboxylic acids is 1. The van der Waals surface area contributed by atoms with Crippen LogP contribution >= 0.6 is 23.2 Å². The van der Waals surface area contributed by atoms with Gasteiger partial charge in [-0.25, -0.2) is 0 Å². The zero-order chi connectivity index (χ0) is 20.1. The Hall–Kier alpha value is -2.69. The zero-order valence-corrected chi connectivity index (χ0v) is 17.0. The number of carbonyl (C=O) groups is 1. The number of anilines is 1. The number of benzene rings is 3. The SMILES string of the molecule is COc1ccc(C(=O)Nc2cccc(Cl)c2Cl)cc1COc1ccccc1C. The predicted molar refractivity (Wildman–Crippen MR) is 113 cm³/mol. The van der Waals surface area contributed by atoms with Gasteiger partial charge in [0.2, 0.25) is 0 Å². The van der Waals surface area contributed by atoms with Crippen molar-refractivity contribution in [2.75, 3.05) is 12.4 Å². The average molecular weight is 416 g/mol. The van der Waals surface area contributed by atoms with E-state index in [1.165, 1.54) is 0 Å². The van der Waals surface area contributed by atoms with Gasteiger partial charge in [-0.1, -0.05) is 47.5 Å². The molecule has 0 aliphatic carbocycles. The summed E-state index contributed by atoms with van der Waals surface area (Å²) >= 11 is 12.2. The first kappa shape index (κ1) is 20.1. The third kappa shape index (κ3) is 4.58. The first-order valence-electron chi connectivity index (χ1n) is 8.60. The summed E-state index contributed by atoms with van der Waals surface area (Å²) in [6.45, 7) is 2.25. The fourth-order valence-electron chi connectivity index (χ4n) is 2.70. The fraction of sp³-hybridized carbons (Fsp3) is 0.136. The summed E-state index contributed by atoms with van der Waals surface area (Å²) in [6, 6.07) is 18.0. The van der Waals surface area contributed by atoms with Gasteiger partial charge in [-0.3, -0.25) is 4.79 Å². The van der Waals surface area contributed by atoms with Crippen LogP contribution in [0.15, 0.2) is 60.7 Å². The van der Waals surface area contributed by atoms with Gasteiger partial charge in [-0.15, -0.1) is 0 Å². The minimum absolute atomic E-state index is 0.271. The van der Waals surface area contributed by atoms with E-state index >= 15 is 0 Å². The van der Waals surface area contributed by atoms with Gasteiger partial charge in [-0.05, 0) is 48.9 Å². The maximum atomic E-state index is 12.7. The normalized spacial score (nSPS) is 10.4. The molecule has 1 N–H and O–H groups in total. The highest BCUT2D eigenvalue weighted by atomic mass is 35.5. The maximum Gasteiger partial charge on any atom is 0.255 e. The number of hydrogen-bond donors (Lipinski definition) is 1. The molecule has 0 aromatic heterocycles. The van der Waals surface area contributed by atoms with Crippen molar-refractivity contribution < 1.29 is 14.3 Å². The number of para-hydroxylation sites is 1. The predicted octanol–water partition coefficient (Wildman–Crippen LogP) is 6.14. The van der Waals surface area contributed by atoms with Crippen molar-refractivity contribution in [1.29, 1.82) is 0 Å². The average Bonchev–Trinajstić information content (AvgIpc) is 2.70. The molecule has 3 aromatic carbocycles.